The van der Waals surface area contributed by atoms with E-state index in [1.807, 2.05) is 19.9 Å². The molecule has 0 radical (unpaired) electrons. The molecule has 0 spiro atoms. The molecule has 23 heavy (non-hydrogen) atoms. The molecule has 2 heterocycles. The summed E-state index contributed by atoms with van der Waals surface area (Å²) >= 11 is 0. The van der Waals surface area contributed by atoms with Crippen LogP contribution in [0.25, 0.3) is 6.08 Å². The fourth-order valence-electron chi connectivity index (χ4n) is 2.56. The average Bonchev–Trinajstić information content (AvgIpc) is 3.02. The smallest absolute Gasteiger partial charge is 0.324 e. The standard InChI is InChI=1S/C17H19F2N3O/c1-11(2)16-20-17(23-21-16)22-7-5-12(6-8-22)9-13-3-4-14(18)15(19)10-13/h3-4,9-11H,5-8H2,1-2H3. The summed E-state index contributed by atoms with van der Waals surface area (Å²) in [7, 11) is 0. The molecule has 3 rings (SSSR count). The van der Waals surface area contributed by atoms with E-state index in [4.69, 9.17) is 4.52 Å². The van der Waals surface area contributed by atoms with E-state index in [0.717, 1.165) is 32.0 Å². The second-order valence-corrected chi connectivity index (χ2v) is 6.05. The Balaban J connectivity index is 1.65. The van der Waals surface area contributed by atoms with Gasteiger partial charge in [0.15, 0.2) is 17.5 Å². The van der Waals surface area contributed by atoms with Gasteiger partial charge >= 0.3 is 6.01 Å². The van der Waals surface area contributed by atoms with Gasteiger partial charge in [0.05, 0.1) is 0 Å². The maximum atomic E-state index is 13.2. The second kappa shape index (κ2) is 6.48. The quantitative estimate of drug-likeness (QED) is 0.852. The zero-order valence-electron chi connectivity index (χ0n) is 13.2. The maximum absolute atomic E-state index is 13.2. The number of hydrogen-bond donors (Lipinski definition) is 0. The predicted octanol–water partition coefficient (Wildman–Crippen LogP) is 4.16. The van der Waals surface area contributed by atoms with Crippen LogP contribution in [0.5, 0.6) is 0 Å². The Morgan fingerprint density at radius 3 is 2.52 bits per heavy atom. The van der Waals surface area contributed by atoms with Crippen molar-refractivity contribution >= 4 is 12.1 Å². The number of nitrogens with zero attached hydrogens (tertiary/aromatic N) is 3. The summed E-state index contributed by atoms with van der Waals surface area (Å²) in [5.74, 6) is -0.688. The van der Waals surface area contributed by atoms with Crippen molar-refractivity contribution in [2.24, 2.45) is 0 Å². The Morgan fingerprint density at radius 1 is 1.17 bits per heavy atom. The molecule has 1 aromatic carbocycles. The van der Waals surface area contributed by atoms with E-state index in [2.05, 4.69) is 15.0 Å². The Hall–Kier alpha value is -2.24. The molecular formula is C17H19F2N3O. The summed E-state index contributed by atoms with van der Waals surface area (Å²) in [5, 5.41) is 3.98. The van der Waals surface area contributed by atoms with E-state index < -0.39 is 11.6 Å². The lowest BCUT2D eigenvalue weighted by Gasteiger charge is -2.26. The molecule has 0 saturated carbocycles. The summed E-state index contributed by atoms with van der Waals surface area (Å²) in [5.41, 5.74) is 1.89. The number of halogens is 2. The average molecular weight is 319 g/mol. The summed E-state index contributed by atoms with van der Waals surface area (Å²) in [6, 6.07) is 4.52. The van der Waals surface area contributed by atoms with Gasteiger partial charge in [0, 0.05) is 19.0 Å². The molecule has 1 aromatic heterocycles. The first-order valence-corrected chi connectivity index (χ1v) is 7.76. The van der Waals surface area contributed by atoms with Gasteiger partial charge in [0.25, 0.3) is 0 Å². The van der Waals surface area contributed by atoms with Crippen molar-refractivity contribution in [1.82, 2.24) is 10.1 Å². The fourth-order valence-corrected chi connectivity index (χ4v) is 2.56. The van der Waals surface area contributed by atoms with Gasteiger partial charge in [-0.3, -0.25) is 0 Å². The van der Waals surface area contributed by atoms with Gasteiger partial charge in [-0.15, -0.1) is 0 Å². The molecule has 1 aliphatic heterocycles. The van der Waals surface area contributed by atoms with Crippen LogP contribution in [0.15, 0.2) is 28.3 Å². The molecule has 0 atom stereocenters. The molecule has 0 bridgehead atoms. The van der Waals surface area contributed by atoms with Crippen LogP contribution >= 0.6 is 0 Å². The van der Waals surface area contributed by atoms with Crippen LogP contribution in [-0.4, -0.2) is 23.2 Å². The van der Waals surface area contributed by atoms with Gasteiger partial charge in [0.1, 0.15) is 0 Å². The minimum atomic E-state index is -0.820. The zero-order chi connectivity index (χ0) is 16.4. The third-order valence-electron chi connectivity index (χ3n) is 3.94. The SMILES string of the molecule is CC(C)c1noc(N2CCC(=Cc3ccc(F)c(F)c3)CC2)n1. The highest BCUT2D eigenvalue weighted by atomic mass is 19.2. The van der Waals surface area contributed by atoms with E-state index in [1.165, 1.54) is 11.6 Å². The predicted molar refractivity (Wildman–Crippen MR) is 84.2 cm³/mol. The van der Waals surface area contributed by atoms with Crippen LogP contribution in [0.4, 0.5) is 14.8 Å². The summed E-state index contributed by atoms with van der Waals surface area (Å²) in [6.45, 7) is 5.59. The van der Waals surface area contributed by atoms with Gasteiger partial charge in [-0.2, -0.15) is 4.98 Å². The molecule has 6 heteroatoms. The topological polar surface area (TPSA) is 42.2 Å². The largest absolute Gasteiger partial charge is 0.324 e. The molecule has 122 valence electrons. The van der Waals surface area contributed by atoms with E-state index in [-0.39, 0.29) is 5.92 Å². The summed E-state index contributed by atoms with van der Waals surface area (Å²) < 4.78 is 31.5. The van der Waals surface area contributed by atoms with Crippen LogP contribution in [0.2, 0.25) is 0 Å². The van der Waals surface area contributed by atoms with Gasteiger partial charge in [0.2, 0.25) is 0 Å². The molecule has 4 nitrogen and oxygen atoms in total. The van der Waals surface area contributed by atoms with Crippen LogP contribution in [0, 0.1) is 11.6 Å². The van der Waals surface area contributed by atoms with Crippen molar-refractivity contribution in [1.29, 1.82) is 0 Å². The molecule has 0 N–H and O–H groups in total. The van der Waals surface area contributed by atoms with Crippen LogP contribution in [-0.2, 0) is 0 Å². The Morgan fingerprint density at radius 2 is 1.91 bits per heavy atom. The molecule has 1 aliphatic rings. The highest BCUT2D eigenvalue weighted by Crippen LogP contribution is 2.24. The lowest BCUT2D eigenvalue weighted by Crippen LogP contribution is -2.30. The van der Waals surface area contributed by atoms with Crippen LogP contribution in [0.1, 0.15) is 44.0 Å². The van der Waals surface area contributed by atoms with Crippen LogP contribution in [0.3, 0.4) is 0 Å². The maximum Gasteiger partial charge on any atom is 0.324 e. The Labute approximate surface area is 133 Å². The number of benzene rings is 1. The van der Waals surface area contributed by atoms with Crippen molar-refractivity contribution in [3.63, 3.8) is 0 Å². The first kappa shape index (κ1) is 15.6. The fraction of sp³-hybridized carbons (Fsp3) is 0.412. The normalized spacial score (nSPS) is 15.3. The van der Waals surface area contributed by atoms with Gasteiger partial charge in [-0.05, 0) is 30.5 Å². The second-order valence-electron chi connectivity index (χ2n) is 6.05. The van der Waals surface area contributed by atoms with Crippen molar-refractivity contribution < 1.29 is 13.3 Å². The highest BCUT2D eigenvalue weighted by Gasteiger charge is 2.20. The van der Waals surface area contributed by atoms with Crippen LogP contribution < -0.4 is 4.90 Å². The van der Waals surface area contributed by atoms with E-state index in [1.54, 1.807) is 6.07 Å². The molecule has 0 aliphatic carbocycles. The van der Waals surface area contributed by atoms with Crippen molar-refractivity contribution in [2.45, 2.75) is 32.6 Å². The monoisotopic (exact) mass is 319 g/mol. The third-order valence-corrected chi connectivity index (χ3v) is 3.94. The van der Waals surface area contributed by atoms with Gasteiger partial charge in [-0.1, -0.05) is 36.7 Å². The number of piperidine rings is 1. The lowest BCUT2D eigenvalue weighted by molar-refractivity contribution is 0.400. The van der Waals surface area contributed by atoms with Crippen molar-refractivity contribution in [2.75, 3.05) is 18.0 Å². The molecule has 1 saturated heterocycles. The van der Waals surface area contributed by atoms with Crippen molar-refractivity contribution in [3.05, 3.63) is 46.8 Å². The highest BCUT2D eigenvalue weighted by molar-refractivity contribution is 5.54. The summed E-state index contributed by atoms with van der Waals surface area (Å²) in [4.78, 5) is 6.46. The molecule has 1 fully saturated rings. The van der Waals surface area contributed by atoms with Gasteiger partial charge in [-0.25, -0.2) is 8.78 Å². The first-order valence-electron chi connectivity index (χ1n) is 7.76. The van der Waals surface area contributed by atoms with E-state index in [9.17, 15) is 8.78 Å². The van der Waals surface area contributed by atoms with E-state index >= 15 is 0 Å². The molecular weight excluding hydrogens is 300 g/mol. The first-order chi connectivity index (χ1) is 11.0. The minimum absolute atomic E-state index is 0.237. The molecule has 0 amide bonds. The number of rotatable bonds is 3. The summed E-state index contributed by atoms with van der Waals surface area (Å²) in [6.07, 6.45) is 3.59. The van der Waals surface area contributed by atoms with Gasteiger partial charge < -0.3 is 9.42 Å². The Bertz CT molecular complexity index is 714. The number of aromatic nitrogens is 2. The lowest BCUT2D eigenvalue weighted by atomic mass is 10.0. The van der Waals surface area contributed by atoms with E-state index in [0.29, 0.717) is 17.4 Å². The Kier molecular flexibility index (Phi) is 4.41. The number of anilines is 1. The number of hydrogen-bond acceptors (Lipinski definition) is 4. The minimum Gasteiger partial charge on any atom is -0.324 e. The molecule has 0 unspecified atom stereocenters. The third kappa shape index (κ3) is 3.57. The van der Waals surface area contributed by atoms with Crippen molar-refractivity contribution in [3.8, 4) is 0 Å². The molecule has 2 aromatic rings. The zero-order valence-corrected chi connectivity index (χ0v) is 13.2.